The lowest BCUT2D eigenvalue weighted by Gasteiger charge is -2.12. The van der Waals surface area contributed by atoms with E-state index >= 15 is 0 Å². The van der Waals surface area contributed by atoms with E-state index in [4.69, 9.17) is 15.7 Å². The Bertz CT molecular complexity index is 656. The fourth-order valence-corrected chi connectivity index (χ4v) is 2.01. The molecule has 21 heavy (non-hydrogen) atoms. The summed E-state index contributed by atoms with van der Waals surface area (Å²) in [6, 6.07) is 9.49. The van der Waals surface area contributed by atoms with Crippen molar-refractivity contribution in [2.24, 2.45) is 10.9 Å². The molecule has 6 nitrogen and oxygen atoms in total. The number of nitrogens with one attached hydrogen (secondary N) is 1. The second-order valence-electron chi connectivity index (χ2n) is 4.53. The molecule has 0 radical (unpaired) electrons. The predicted molar refractivity (Wildman–Crippen MR) is 81.8 cm³/mol. The van der Waals surface area contributed by atoms with E-state index in [0.717, 1.165) is 22.6 Å². The molecule has 4 N–H and O–H groups in total. The number of methoxy groups -OCH3 is 1. The second-order valence-corrected chi connectivity index (χ2v) is 4.53. The highest BCUT2D eigenvalue weighted by Crippen LogP contribution is 2.21. The van der Waals surface area contributed by atoms with E-state index in [-0.39, 0.29) is 5.84 Å². The maximum atomic E-state index is 8.79. The molecule has 1 heterocycles. The number of pyridine rings is 1. The van der Waals surface area contributed by atoms with Crippen molar-refractivity contribution in [1.29, 1.82) is 0 Å². The van der Waals surface area contributed by atoms with Gasteiger partial charge in [-0.2, -0.15) is 0 Å². The molecule has 0 fully saturated rings. The molecule has 0 bridgehead atoms. The fourth-order valence-electron chi connectivity index (χ4n) is 2.01. The first kappa shape index (κ1) is 14.6. The number of rotatable bonds is 5. The van der Waals surface area contributed by atoms with Crippen LogP contribution in [0.2, 0.25) is 0 Å². The average molecular weight is 286 g/mol. The molecule has 0 atom stereocenters. The van der Waals surface area contributed by atoms with Crippen LogP contribution >= 0.6 is 0 Å². The number of anilines is 1. The first-order valence-corrected chi connectivity index (χ1v) is 6.46. The number of ether oxygens (including phenoxy) is 1. The summed E-state index contributed by atoms with van der Waals surface area (Å²) < 4.78 is 5.18. The van der Waals surface area contributed by atoms with Gasteiger partial charge in [0.05, 0.1) is 7.11 Å². The van der Waals surface area contributed by atoms with Crippen LogP contribution in [-0.4, -0.2) is 23.1 Å². The molecular formula is C15H18N4O2. The first-order valence-electron chi connectivity index (χ1n) is 6.46. The molecule has 1 aromatic heterocycles. The van der Waals surface area contributed by atoms with Crippen LogP contribution in [0.5, 0.6) is 5.75 Å². The van der Waals surface area contributed by atoms with Gasteiger partial charge in [0.15, 0.2) is 5.84 Å². The molecule has 6 heteroatoms. The van der Waals surface area contributed by atoms with Crippen molar-refractivity contribution in [2.75, 3.05) is 12.4 Å². The molecule has 0 amide bonds. The Morgan fingerprint density at radius 1 is 1.43 bits per heavy atom. The summed E-state index contributed by atoms with van der Waals surface area (Å²) in [6.45, 7) is 2.52. The van der Waals surface area contributed by atoms with E-state index in [0.29, 0.717) is 12.2 Å². The maximum absolute atomic E-state index is 8.79. The van der Waals surface area contributed by atoms with Crippen molar-refractivity contribution < 1.29 is 9.94 Å². The summed E-state index contributed by atoms with van der Waals surface area (Å²) in [5, 5.41) is 15.1. The summed E-state index contributed by atoms with van der Waals surface area (Å²) in [5.41, 5.74) is 9.01. The zero-order chi connectivity index (χ0) is 15.2. The molecule has 0 saturated heterocycles. The van der Waals surface area contributed by atoms with Crippen LogP contribution in [0.1, 0.15) is 16.8 Å². The topological polar surface area (TPSA) is 92.8 Å². The van der Waals surface area contributed by atoms with Gasteiger partial charge in [-0.3, -0.25) is 4.98 Å². The van der Waals surface area contributed by atoms with Crippen LogP contribution in [0.25, 0.3) is 0 Å². The molecule has 110 valence electrons. The number of aryl methyl sites for hydroxylation is 1. The standard InChI is InChI=1S/C15H18N4O2/c1-10-8-12(21-2)5-6-13(10)18-9-11-4-3-7-17-14(11)15(16)19-20/h3-8,18,20H,9H2,1-2H3,(H2,16,19). The largest absolute Gasteiger partial charge is 0.497 e. The highest BCUT2D eigenvalue weighted by Gasteiger charge is 2.08. The molecule has 2 rings (SSSR count). The van der Waals surface area contributed by atoms with Crippen LogP contribution < -0.4 is 15.8 Å². The van der Waals surface area contributed by atoms with Gasteiger partial charge >= 0.3 is 0 Å². The summed E-state index contributed by atoms with van der Waals surface area (Å²) in [7, 11) is 1.64. The maximum Gasteiger partial charge on any atom is 0.189 e. The van der Waals surface area contributed by atoms with E-state index in [9.17, 15) is 0 Å². The lowest BCUT2D eigenvalue weighted by atomic mass is 10.1. The first-order chi connectivity index (χ1) is 10.2. The van der Waals surface area contributed by atoms with Gasteiger partial charge in [-0.1, -0.05) is 11.2 Å². The third-order valence-corrected chi connectivity index (χ3v) is 3.14. The number of nitrogens with zero attached hydrogens (tertiary/aromatic N) is 2. The van der Waals surface area contributed by atoms with Crippen LogP contribution in [0.4, 0.5) is 5.69 Å². The molecule has 1 aromatic carbocycles. The Kier molecular flexibility index (Phi) is 4.61. The Morgan fingerprint density at radius 2 is 2.24 bits per heavy atom. The summed E-state index contributed by atoms with van der Waals surface area (Å²) in [4.78, 5) is 4.14. The Balaban J connectivity index is 2.17. The van der Waals surface area contributed by atoms with Crippen molar-refractivity contribution in [2.45, 2.75) is 13.5 Å². The van der Waals surface area contributed by atoms with Crippen molar-refractivity contribution in [1.82, 2.24) is 4.98 Å². The third-order valence-electron chi connectivity index (χ3n) is 3.14. The molecule has 0 aliphatic rings. The highest BCUT2D eigenvalue weighted by atomic mass is 16.5. The number of amidine groups is 1. The monoisotopic (exact) mass is 286 g/mol. The Labute approximate surface area is 123 Å². The molecule has 0 aliphatic carbocycles. The van der Waals surface area contributed by atoms with Gasteiger partial charge in [0, 0.05) is 24.0 Å². The molecule has 0 spiro atoms. The Hall–Kier alpha value is -2.76. The van der Waals surface area contributed by atoms with E-state index in [1.54, 1.807) is 13.3 Å². The minimum atomic E-state index is -0.00106. The van der Waals surface area contributed by atoms with Gasteiger partial charge in [0.25, 0.3) is 0 Å². The quantitative estimate of drug-likeness (QED) is 0.339. The van der Waals surface area contributed by atoms with Crippen LogP contribution in [0.3, 0.4) is 0 Å². The van der Waals surface area contributed by atoms with E-state index in [1.807, 2.05) is 37.3 Å². The van der Waals surface area contributed by atoms with Gasteiger partial charge < -0.3 is 21.0 Å². The van der Waals surface area contributed by atoms with Gasteiger partial charge in [0.1, 0.15) is 11.4 Å². The number of hydrogen-bond acceptors (Lipinski definition) is 5. The summed E-state index contributed by atoms with van der Waals surface area (Å²) >= 11 is 0. The summed E-state index contributed by atoms with van der Waals surface area (Å²) in [5.74, 6) is 0.815. The zero-order valence-corrected chi connectivity index (χ0v) is 12.0. The number of nitrogens with two attached hydrogens (primary N) is 1. The van der Waals surface area contributed by atoms with Crippen molar-refractivity contribution >= 4 is 11.5 Å². The smallest absolute Gasteiger partial charge is 0.189 e. The minimum Gasteiger partial charge on any atom is -0.497 e. The number of benzene rings is 1. The van der Waals surface area contributed by atoms with Crippen molar-refractivity contribution in [3.8, 4) is 5.75 Å². The molecule has 2 aromatic rings. The zero-order valence-electron chi connectivity index (χ0n) is 12.0. The van der Waals surface area contributed by atoms with Gasteiger partial charge in [-0.15, -0.1) is 0 Å². The fraction of sp³-hybridized carbons (Fsp3) is 0.200. The SMILES string of the molecule is COc1ccc(NCc2cccnc2C(N)=NO)c(C)c1. The number of aromatic nitrogens is 1. The minimum absolute atomic E-state index is 0.00106. The third kappa shape index (κ3) is 3.42. The van der Waals surface area contributed by atoms with E-state index < -0.39 is 0 Å². The summed E-state index contributed by atoms with van der Waals surface area (Å²) in [6.07, 6.45) is 1.61. The molecule has 0 aliphatic heterocycles. The lowest BCUT2D eigenvalue weighted by Crippen LogP contribution is -2.18. The van der Waals surface area contributed by atoms with Crippen LogP contribution in [-0.2, 0) is 6.54 Å². The van der Waals surface area contributed by atoms with Gasteiger partial charge in [-0.05, 0) is 36.8 Å². The highest BCUT2D eigenvalue weighted by molar-refractivity contribution is 5.96. The van der Waals surface area contributed by atoms with Crippen LogP contribution in [0, 0.1) is 6.92 Å². The van der Waals surface area contributed by atoms with Crippen molar-refractivity contribution in [3.63, 3.8) is 0 Å². The van der Waals surface area contributed by atoms with Gasteiger partial charge in [-0.25, -0.2) is 0 Å². The van der Waals surface area contributed by atoms with Crippen LogP contribution in [0.15, 0.2) is 41.7 Å². The normalized spacial score (nSPS) is 11.2. The van der Waals surface area contributed by atoms with Gasteiger partial charge in [0.2, 0.25) is 0 Å². The average Bonchev–Trinajstić information content (AvgIpc) is 2.53. The molecule has 0 unspecified atom stereocenters. The Morgan fingerprint density at radius 3 is 2.90 bits per heavy atom. The molecular weight excluding hydrogens is 268 g/mol. The number of oxime groups is 1. The van der Waals surface area contributed by atoms with Crippen molar-refractivity contribution in [3.05, 3.63) is 53.3 Å². The second kappa shape index (κ2) is 6.60. The van der Waals surface area contributed by atoms with E-state index in [1.165, 1.54) is 0 Å². The molecule has 0 saturated carbocycles. The lowest BCUT2D eigenvalue weighted by molar-refractivity contribution is 0.318. The predicted octanol–water partition coefficient (Wildman–Crippen LogP) is 2.11. The number of hydrogen-bond donors (Lipinski definition) is 3. The van der Waals surface area contributed by atoms with E-state index in [2.05, 4.69) is 15.5 Å².